The minimum Gasteiger partial charge on any atom is -0.479 e. The highest BCUT2D eigenvalue weighted by Gasteiger charge is 2.24. The number of nitrogens with one attached hydrogen (secondary N) is 2. The molecule has 4 aromatic rings. The van der Waals surface area contributed by atoms with E-state index >= 15 is 0 Å². The molecule has 5 rings (SSSR count). The standard InChI is InChI=1S/C22H21N7O3/c1-13-18(19(28-32-13)14-6-4-3-5-7-14)21(30)24-16-9-8-15(25-22(16)31-2)20-27-26-17-12-23-10-11-29(17)20/h3-9,23H,10-12H2,1-2H3,(H,24,30). The highest BCUT2D eigenvalue weighted by atomic mass is 16.5. The van der Waals surface area contributed by atoms with Gasteiger partial charge < -0.3 is 24.5 Å². The first-order valence-corrected chi connectivity index (χ1v) is 10.2. The molecule has 0 aliphatic carbocycles. The number of fused-ring (bicyclic) bond motifs is 1. The maximum absolute atomic E-state index is 13.1. The Morgan fingerprint density at radius 1 is 1.19 bits per heavy atom. The molecule has 0 fully saturated rings. The van der Waals surface area contributed by atoms with Crippen molar-refractivity contribution < 1.29 is 14.1 Å². The monoisotopic (exact) mass is 431 g/mol. The van der Waals surface area contributed by atoms with Gasteiger partial charge >= 0.3 is 0 Å². The van der Waals surface area contributed by atoms with E-state index in [1.165, 1.54) is 7.11 Å². The van der Waals surface area contributed by atoms with Crippen molar-refractivity contribution in [2.45, 2.75) is 20.0 Å². The van der Waals surface area contributed by atoms with Gasteiger partial charge in [0.15, 0.2) is 5.82 Å². The summed E-state index contributed by atoms with van der Waals surface area (Å²) in [5.74, 6) is 1.87. The lowest BCUT2D eigenvalue weighted by Crippen LogP contribution is -2.28. The Balaban J connectivity index is 1.45. The number of anilines is 1. The van der Waals surface area contributed by atoms with Crippen LogP contribution in [-0.2, 0) is 13.1 Å². The first kappa shape index (κ1) is 19.9. The van der Waals surface area contributed by atoms with E-state index in [-0.39, 0.29) is 11.8 Å². The Morgan fingerprint density at radius 3 is 2.84 bits per heavy atom. The fourth-order valence-electron chi connectivity index (χ4n) is 3.71. The van der Waals surface area contributed by atoms with E-state index in [0.29, 0.717) is 40.8 Å². The summed E-state index contributed by atoms with van der Waals surface area (Å²) in [5.41, 5.74) is 2.68. The van der Waals surface area contributed by atoms with E-state index in [1.807, 2.05) is 34.9 Å². The van der Waals surface area contributed by atoms with Crippen LogP contribution in [0.2, 0.25) is 0 Å². The van der Waals surface area contributed by atoms with Crippen molar-refractivity contribution in [3.8, 4) is 28.7 Å². The molecule has 2 N–H and O–H groups in total. The van der Waals surface area contributed by atoms with Crippen molar-refractivity contribution in [3.05, 3.63) is 59.6 Å². The van der Waals surface area contributed by atoms with Gasteiger partial charge in [-0.25, -0.2) is 4.98 Å². The third kappa shape index (κ3) is 3.50. The van der Waals surface area contributed by atoms with Crippen molar-refractivity contribution in [1.29, 1.82) is 0 Å². The van der Waals surface area contributed by atoms with Crippen molar-refractivity contribution in [2.24, 2.45) is 0 Å². The van der Waals surface area contributed by atoms with Crippen molar-refractivity contribution in [1.82, 2.24) is 30.2 Å². The number of aryl methyl sites for hydroxylation is 1. The summed E-state index contributed by atoms with van der Waals surface area (Å²) in [7, 11) is 1.50. The highest BCUT2D eigenvalue weighted by Crippen LogP contribution is 2.30. The Labute approximate surface area is 183 Å². The van der Waals surface area contributed by atoms with Crippen LogP contribution in [0.4, 0.5) is 5.69 Å². The zero-order valence-electron chi connectivity index (χ0n) is 17.6. The number of amides is 1. The average Bonchev–Trinajstić information content (AvgIpc) is 3.43. The van der Waals surface area contributed by atoms with Crippen LogP contribution in [0, 0.1) is 6.92 Å². The summed E-state index contributed by atoms with van der Waals surface area (Å²) in [6, 6.07) is 12.9. The van der Waals surface area contributed by atoms with Crippen LogP contribution < -0.4 is 15.4 Å². The van der Waals surface area contributed by atoms with Crippen LogP contribution >= 0.6 is 0 Å². The van der Waals surface area contributed by atoms with Crippen molar-refractivity contribution in [2.75, 3.05) is 19.0 Å². The summed E-state index contributed by atoms with van der Waals surface area (Å²) in [4.78, 5) is 17.7. The lowest BCUT2D eigenvalue weighted by molar-refractivity contribution is 0.102. The number of ether oxygens (including phenoxy) is 1. The van der Waals surface area contributed by atoms with Crippen LogP contribution in [0.15, 0.2) is 47.0 Å². The van der Waals surface area contributed by atoms with E-state index in [1.54, 1.807) is 19.1 Å². The summed E-state index contributed by atoms with van der Waals surface area (Å²) in [5, 5.41) is 18.7. The third-order valence-electron chi connectivity index (χ3n) is 5.29. The largest absolute Gasteiger partial charge is 0.479 e. The maximum atomic E-state index is 13.1. The number of methoxy groups -OCH3 is 1. The molecule has 1 amide bonds. The summed E-state index contributed by atoms with van der Waals surface area (Å²) in [6.45, 7) is 3.97. The minimum atomic E-state index is -0.360. The minimum absolute atomic E-state index is 0.275. The molecule has 0 radical (unpaired) electrons. The average molecular weight is 431 g/mol. The topological polar surface area (TPSA) is 120 Å². The van der Waals surface area contributed by atoms with Gasteiger partial charge in [-0.15, -0.1) is 10.2 Å². The molecule has 1 aromatic carbocycles. The first-order chi connectivity index (χ1) is 15.7. The lowest BCUT2D eigenvalue weighted by atomic mass is 10.1. The third-order valence-corrected chi connectivity index (χ3v) is 5.29. The smallest absolute Gasteiger partial charge is 0.261 e. The number of benzene rings is 1. The van der Waals surface area contributed by atoms with Crippen molar-refractivity contribution in [3.63, 3.8) is 0 Å². The number of carbonyl (C=O) groups excluding carboxylic acids is 1. The van der Waals surface area contributed by atoms with Crippen LogP contribution in [-0.4, -0.2) is 44.5 Å². The Hall–Kier alpha value is -4.05. The molecular weight excluding hydrogens is 410 g/mol. The van der Waals surface area contributed by atoms with Crippen molar-refractivity contribution >= 4 is 11.6 Å². The van der Waals surface area contributed by atoms with Gasteiger partial charge in [-0.2, -0.15) is 0 Å². The molecule has 0 unspecified atom stereocenters. The number of nitrogens with zero attached hydrogens (tertiary/aromatic N) is 5. The molecule has 10 nitrogen and oxygen atoms in total. The van der Waals surface area contributed by atoms with Gasteiger partial charge in [0.25, 0.3) is 5.91 Å². The van der Waals surface area contributed by atoms with Crippen LogP contribution in [0.5, 0.6) is 5.88 Å². The summed E-state index contributed by atoms with van der Waals surface area (Å²) in [6.07, 6.45) is 0. The molecule has 32 heavy (non-hydrogen) atoms. The predicted molar refractivity (Wildman–Crippen MR) is 116 cm³/mol. The van der Waals surface area contributed by atoms with Gasteiger partial charge in [0.1, 0.15) is 34.2 Å². The van der Waals surface area contributed by atoms with Crippen LogP contribution in [0.1, 0.15) is 21.9 Å². The molecule has 0 saturated carbocycles. The SMILES string of the molecule is COc1nc(-c2nnc3n2CCNC3)ccc1NC(=O)c1c(-c2ccccc2)noc1C. The second-order valence-electron chi connectivity index (χ2n) is 7.30. The van der Waals surface area contributed by atoms with Gasteiger partial charge in [-0.1, -0.05) is 35.5 Å². The molecule has 1 aliphatic heterocycles. The molecule has 10 heteroatoms. The normalized spacial score (nSPS) is 12.9. The maximum Gasteiger partial charge on any atom is 0.261 e. The van der Waals surface area contributed by atoms with Crippen LogP contribution in [0.3, 0.4) is 0 Å². The number of carbonyl (C=O) groups is 1. The molecule has 0 bridgehead atoms. The number of pyridine rings is 1. The van der Waals surface area contributed by atoms with Gasteiger partial charge in [0.05, 0.1) is 13.7 Å². The van der Waals surface area contributed by atoms with Gasteiger partial charge in [-0.3, -0.25) is 4.79 Å². The number of hydrogen-bond donors (Lipinski definition) is 2. The number of aromatic nitrogens is 5. The van der Waals surface area contributed by atoms with E-state index in [4.69, 9.17) is 9.26 Å². The molecule has 0 saturated heterocycles. The quantitative estimate of drug-likeness (QED) is 0.495. The van der Waals surface area contributed by atoms with E-state index in [9.17, 15) is 4.79 Å². The zero-order chi connectivity index (χ0) is 22.1. The number of rotatable bonds is 5. The highest BCUT2D eigenvalue weighted by molar-refractivity contribution is 6.09. The fraction of sp³-hybridized carbons (Fsp3) is 0.227. The Morgan fingerprint density at radius 2 is 2.03 bits per heavy atom. The Kier molecular flexibility index (Phi) is 5.12. The molecule has 162 valence electrons. The predicted octanol–water partition coefficient (Wildman–Crippen LogP) is 2.67. The Bertz CT molecular complexity index is 1280. The van der Waals surface area contributed by atoms with Crippen LogP contribution in [0.25, 0.3) is 22.8 Å². The second-order valence-corrected chi connectivity index (χ2v) is 7.30. The molecular formula is C22H21N7O3. The lowest BCUT2D eigenvalue weighted by Gasteiger charge is -2.16. The molecule has 0 spiro atoms. The van der Waals surface area contributed by atoms with Gasteiger partial charge in [-0.05, 0) is 19.1 Å². The van der Waals surface area contributed by atoms with E-state index in [0.717, 1.165) is 24.5 Å². The van der Waals surface area contributed by atoms with Gasteiger partial charge in [0.2, 0.25) is 5.88 Å². The fourth-order valence-corrected chi connectivity index (χ4v) is 3.71. The zero-order valence-corrected chi connectivity index (χ0v) is 17.6. The van der Waals surface area contributed by atoms with E-state index in [2.05, 4.69) is 31.0 Å². The summed E-state index contributed by atoms with van der Waals surface area (Å²) >= 11 is 0. The first-order valence-electron chi connectivity index (χ1n) is 10.2. The van der Waals surface area contributed by atoms with E-state index < -0.39 is 0 Å². The molecule has 1 aliphatic rings. The molecule has 4 heterocycles. The summed E-state index contributed by atoms with van der Waals surface area (Å²) < 4.78 is 12.8. The van der Waals surface area contributed by atoms with Gasteiger partial charge in [0, 0.05) is 18.7 Å². The molecule has 3 aromatic heterocycles. The second kappa shape index (κ2) is 8.23. The number of hydrogen-bond acceptors (Lipinski definition) is 8. The molecule has 0 atom stereocenters.